The van der Waals surface area contributed by atoms with Gasteiger partial charge in [0.2, 0.25) is 5.91 Å². The molecule has 2 aromatic rings. The largest absolute Gasteiger partial charge is 0.497 e. The highest BCUT2D eigenvalue weighted by Crippen LogP contribution is 2.42. The number of anilines is 1. The number of amides is 2. The Kier molecular flexibility index (Phi) is 5.18. The first-order valence-electron chi connectivity index (χ1n) is 11.1. The van der Waals surface area contributed by atoms with Crippen LogP contribution in [0.1, 0.15) is 47.2 Å². The van der Waals surface area contributed by atoms with E-state index in [2.05, 4.69) is 12.1 Å². The van der Waals surface area contributed by atoms with Crippen molar-refractivity contribution < 1.29 is 19.1 Å². The van der Waals surface area contributed by atoms with E-state index in [1.54, 1.807) is 12.0 Å². The van der Waals surface area contributed by atoms with Gasteiger partial charge in [0.15, 0.2) is 0 Å². The molecule has 2 fully saturated rings. The molecule has 2 aromatic carbocycles. The number of piperidine rings is 1. The Morgan fingerprint density at radius 1 is 1.06 bits per heavy atom. The first-order chi connectivity index (χ1) is 15.1. The highest BCUT2D eigenvalue weighted by Gasteiger charge is 2.42. The van der Waals surface area contributed by atoms with Gasteiger partial charge in [-0.15, -0.1) is 0 Å². The van der Waals surface area contributed by atoms with Crippen molar-refractivity contribution in [3.63, 3.8) is 0 Å². The first-order valence-corrected chi connectivity index (χ1v) is 11.1. The predicted molar refractivity (Wildman–Crippen MR) is 117 cm³/mol. The molecule has 0 radical (unpaired) electrons. The van der Waals surface area contributed by atoms with Crippen molar-refractivity contribution in [2.24, 2.45) is 0 Å². The van der Waals surface area contributed by atoms with E-state index in [0.717, 1.165) is 43.7 Å². The number of hydrogen-bond donors (Lipinski definition) is 0. The van der Waals surface area contributed by atoms with Gasteiger partial charge in [0.1, 0.15) is 5.75 Å². The number of fused-ring (bicyclic) bond motifs is 2. The lowest BCUT2D eigenvalue weighted by Crippen LogP contribution is -2.48. The van der Waals surface area contributed by atoms with Crippen LogP contribution in [0.2, 0.25) is 0 Å². The Morgan fingerprint density at radius 2 is 1.90 bits per heavy atom. The first kappa shape index (κ1) is 20.1. The minimum atomic E-state index is -0.319. The smallest absolute Gasteiger partial charge is 0.253 e. The molecule has 6 heteroatoms. The third-order valence-corrected chi connectivity index (χ3v) is 6.89. The van der Waals surface area contributed by atoms with Crippen LogP contribution in [-0.4, -0.2) is 50.1 Å². The molecule has 5 rings (SSSR count). The summed E-state index contributed by atoms with van der Waals surface area (Å²) < 4.78 is 11.7. The summed E-state index contributed by atoms with van der Waals surface area (Å²) in [5, 5.41) is 0. The zero-order valence-electron chi connectivity index (χ0n) is 17.9. The maximum absolute atomic E-state index is 13.2. The van der Waals surface area contributed by atoms with Gasteiger partial charge in [0.05, 0.1) is 19.3 Å². The van der Waals surface area contributed by atoms with E-state index >= 15 is 0 Å². The summed E-state index contributed by atoms with van der Waals surface area (Å²) in [6.07, 6.45) is 3.90. The Balaban J connectivity index is 1.32. The van der Waals surface area contributed by atoms with E-state index in [4.69, 9.17) is 9.47 Å². The van der Waals surface area contributed by atoms with Gasteiger partial charge in [-0.1, -0.05) is 12.1 Å². The van der Waals surface area contributed by atoms with Crippen molar-refractivity contribution in [3.8, 4) is 5.75 Å². The standard InChI is InChI=1S/C25H28N2O4/c1-30-21-7-8-22-18(17-21)9-15-31-25(22)10-13-26(14-11-25)24(29)19-4-2-5-20(16-19)27-12-3-6-23(27)28/h2,4-5,7-8,16-17H,3,6,9-15H2,1H3. The maximum Gasteiger partial charge on any atom is 0.253 e. The van der Waals surface area contributed by atoms with Gasteiger partial charge in [0.25, 0.3) is 5.91 Å². The highest BCUT2D eigenvalue weighted by atomic mass is 16.5. The van der Waals surface area contributed by atoms with E-state index in [9.17, 15) is 9.59 Å². The van der Waals surface area contributed by atoms with Gasteiger partial charge < -0.3 is 19.3 Å². The molecule has 31 heavy (non-hydrogen) atoms. The minimum Gasteiger partial charge on any atom is -0.497 e. The Labute approximate surface area is 182 Å². The molecular weight excluding hydrogens is 392 g/mol. The summed E-state index contributed by atoms with van der Waals surface area (Å²) in [4.78, 5) is 29.0. The number of methoxy groups -OCH3 is 1. The van der Waals surface area contributed by atoms with Crippen LogP contribution in [0.4, 0.5) is 5.69 Å². The molecule has 3 aliphatic heterocycles. The van der Waals surface area contributed by atoms with E-state index in [1.165, 1.54) is 11.1 Å². The van der Waals surface area contributed by atoms with E-state index in [-0.39, 0.29) is 17.4 Å². The molecule has 0 aliphatic carbocycles. The topological polar surface area (TPSA) is 59.1 Å². The molecule has 0 unspecified atom stereocenters. The molecule has 3 aliphatic rings. The quantitative estimate of drug-likeness (QED) is 0.762. The van der Waals surface area contributed by atoms with Gasteiger partial charge in [-0.05, 0) is 67.1 Å². The molecule has 0 atom stereocenters. The summed E-state index contributed by atoms with van der Waals surface area (Å²) in [5.41, 5.74) is 3.67. The van der Waals surface area contributed by atoms with Crippen molar-refractivity contribution in [2.45, 2.75) is 37.7 Å². The van der Waals surface area contributed by atoms with Crippen molar-refractivity contribution >= 4 is 17.5 Å². The Morgan fingerprint density at radius 3 is 2.65 bits per heavy atom. The van der Waals surface area contributed by atoms with Crippen molar-refractivity contribution in [1.82, 2.24) is 4.90 Å². The van der Waals surface area contributed by atoms with Gasteiger partial charge in [-0.2, -0.15) is 0 Å². The second-order valence-electron chi connectivity index (χ2n) is 8.61. The number of likely N-dealkylation sites (tertiary alicyclic amines) is 1. The molecule has 0 N–H and O–H groups in total. The van der Waals surface area contributed by atoms with Crippen LogP contribution in [0.25, 0.3) is 0 Å². The summed E-state index contributed by atoms with van der Waals surface area (Å²) in [6.45, 7) is 2.72. The van der Waals surface area contributed by atoms with Crippen LogP contribution in [0.3, 0.4) is 0 Å². The molecule has 2 amide bonds. The van der Waals surface area contributed by atoms with Crippen LogP contribution in [-0.2, 0) is 21.6 Å². The fraction of sp³-hybridized carbons (Fsp3) is 0.440. The van der Waals surface area contributed by atoms with E-state index in [1.807, 2.05) is 35.2 Å². The normalized spacial score (nSPS) is 20.1. The second kappa shape index (κ2) is 8.00. The van der Waals surface area contributed by atoms with Crippen LogP contribution < -0.4 is 9.64 Å². The third kappa shape index (κ3) is 3.59. The van der Waals surface area contributed by atoms with Crippen LogP contribution in [0, 0.1) is 0 Å². The zero-order valence-corrected chi connectivity index (χ0v) is 17.9. The summed E-state index contributed by atoms with van der Waals surface area (Å²) in [6, 6.07) is 13.7. The molecule has 2 saturated heterocycles. The number of carbonyl (C=O) groups is 2. The molecule has 1 spiro atoms. The third-order valence-electron chi connectivity index (χ3n) is 6.89. The summed E-state index contributed by atoms with van der Waals surface area (Å²) in [7, 11) is 1.69. The molecule has 3 heterocycles. The number of hydrogen-bond acceptors (Lipinski definition) is 4. The Bertz CT molecular complexity index is 1010. The molecule has 6 nitrogen and oxygen atoms in total. The predicted octanol–water partition coefficient (Wildman–Crippen LogP) is 3.53. The van der Waals surface area contributed by atoms with E-state index < -0.39 is 0 Å². The summed E-state index contributed by atoms with van der Waals surface area (Å²) in [5.74, 6) is 1.03. The van der Waals surface area contributed by atoms with Gasteiger partial charge in [-0.3, -0.25) is 9.59 Å². The molecule has 162 valence electrons. The van der Waals surface area contributed by atoms with Crippen molar-refractivity contribution in [3.05, 3.63) is 59.2 Å². The van der Waals surface area contributed by atoms with E-state index in [0.29, 0.717) is 31.7 Å². The van der Waals surface area contributed by atoms with Crippen LogP contribution in [0.5, 0.6) is 5.75 Å². The van der Waals surface area contributed by atoms with Crippen LogP contribution >= 0.6 is 0 Å². The number of nitrogens with zero attached hydrogens (tertiary/aromatic N) is 2. The zero-order chi connectivity index (χ0) is 21.4. The summed E-state index contributed by atoms with van der Waals surface area (Å²) >= 11 is 0. The monoisotopic (exact) mass is 420 g/mol. The SMILES string of the molecule is COc1ccc2c(c1)CCOC21CCN(C(=O)c2cccc(N3CCCC3=O)c2)CC1. The molecule has 0 bridgehead atoms. The average molecular weight is 421 g/mol. The fourth-order valence-electron chi connectivity index (χ4n) is 5.18. The second-order valence-corrected chi connectivity index (χ2v) is 8.61. The lowest BCUT2D eigenvalue weighted by molar-refractivity contribution is -0.117. The minimum absolute atomic E-state index is 0.0223. The molecule has 0 aromatic heterocycles. The fourth-order valence-corrected chi connectivity index (χ4v) is 5.18. The van der Waals surface area contributed by atoms with Gasteiger partial charge in [0, 0.05) is 37.3 Å². The van der Waals surface area contributed by atoms with Gasteiger partial charge in [-0.25, -0.2) is 0 Å². The Hall–Kier alpha value is -2.86. The molecule has 0 saturated carbocycles. The number of benzene rings is 2. The van der Waals surface area contributed by atoms with Gasteiger partial charge >= 0.3 is 0 Å². The van der Waals surface area contributed by atoms with Crippen LogP contribution in [0.15, 0.2) is 42.5 Å². The van der Waals surface area contributed by atoms with Crippen molar-refractivity contribution in [1.29, 1.82) is 0 Å². The molecular formula is C25H28N2O4. The number of carbonyl (C=O) groups excluding carboxylic acids is 2. The number of ether oxygens (including phenoxy) is 2. The lowest BCUT2D eigenvalue weighted by atomic mass is 9.79. The highest BCUT2D eigenvalue weighted by molar-refractivity contribution is 5.99. The average Bonchev–Trinajstić information content (AvgIpc) is 3.25. The lowest BCUT2D eigenvalue weighted by Gasteiger charge is -2.45. The van der Waals surface area contributed by atoms with Crippen molar-refractivity contribution in [2.75, 3.05) is 38.3 Å². The number of rotatable bonds is 3. The maximum atomic E-state index is 13.2.